The Hall–Kier alpha value is -2.63. The Morgan fingerprint density at radius 2 is 1.75 bits per heavy atom. The van der Waals surface area contributed by atoms with Gasteiger partial charge in [0.05, 0.1) is 22.3 Å². The Morgan fingerprint density at radius 3 is 2.54 bits per heavy atom. The largest absolute Gasteiger partial charge is 0.368 e. The average molecular weight is 395 g/mol. The standard InChI is InChI=1S/C22H23ClN4O/c1-16(22(28)25-20-9-5-3-7-18(20)23)26-12-14-27(15-13-26)21-10-11-24-19-8-4-2-6-17(19)21/h2-11,16H,12-15H2,1H3,(H,25,28). The maximum Gasteiger partial charge on any atom is 0.241 e. The number of rotatable bonds is 4. The Bertz CT molecular complexity index is 980. The van der Waals surface area contributed by atoms with Gasteiger partial charge in [-0.3, -0.25) is 14.7 Å². The van der Waals surface area contributed by atoms with Crippen molar-refractivity contribution in [2.24, 2.45) is 0 Å². The number of carbonyl (C=O) groups is 1. The first-order valence-corrected chi connectivity index (χ1v) is 9.89. The van der Waals surface area contributed by atoms with Gasteiger partial charge in [0.1, 0.15) is 0 Å². The average Bonchev–Trinajstić information content (AvgIpc) is 2.74. The molecule has 1 aliphatic rings. The summed E-state index contributed by atoms with van der Waals surface area (Å²) in [5, 5.41) is 4.66. The fourth-order valence-electron chi connectivity index (χ4n) is 3.67. The molecule has 1 amide bonds. The van der Waals surface area contributed by atoms with E-state index in [1.54, 1.807) is 6.07 Å². The minimum Gasteiger partial charge on any atom is -0.368 e. The van der Waals surface area contributed by atoms with Gasteiger partial charge in [0.2, 0.25) is 5.91 Å². The smallest absolute Gasteiger partial charge is 0.241 e. The number of benzene rings is 2. The number of pyridine rings is 1. The number of para-hydroxylation sites is 2. The molecular formula is C22H23ClN4O. The second-order valence-corrected chi connectivity index (χ2v) is 7.42. The second-order valence-electron chi connectivity index (χ2n) is 7.02. The summed E-state index contributed by atoms with van der Waals surface area (Å²) in [5.41, 5.74) is 2.87. The van der Waals surface area contributed by atoms with E-state index in [2.05, 4.69) is 32.2 Å². The molecule has 4 rings (SSSR count). The zero-order valence-corrected chi connectivity index (χ0v) is 16.6. The van der Waals surface area contributed by atoms with E-state index in [9.17, 15) is 4.79 Å². The summed E-state index contributed by atoms with van der Waals surface area (Å²) < 4.78 is 0. The first kappa shape index (κ1) is 18.7. The van der Waals surface area contributed by atoms with Crippen LogP contribution >= 0.6 is 11.6 Å². The third kappa shape index (κ3) is 3.81. The number of carbonyl (C=O) groups excluding carboxylic acids is 1. The Kier molecular flexibility index (Phi) is 5.46. The van der Waals surface area contributed by atoms with Crippen molar-refractivity contribution in [3.05, 3.63) is 65.8 Å². The van der Waals surface area contributed by atoms with Crippen LogP contribution in [0.5, 0.6) is 0 Å². The molecule has 1 saturated heterocycles. The molecule has 1 aromatic heterocycles. The molecule has 1 unspecified atom stereocenters. The lowest BCUT2D eigenvalue weighted by Crippen LogP contribution is -2.52. The van der Waals surface area contributed by atoms with Gasteiger partial charge in [-0.2, -0.15) is 0 Å². The number of nitrogens with one attached hydrogen (secondary N) is 1. The lowest BCUT2D eigenvalue weighted by atomic mass is 10.1. The van der Waals surface area contributed by atoms with Crippen LogP contribution in [0.1, 0.15) is 6.92 Å². The molecule has 1 N–H and O–H groups in total. The van der Waals surface area contributed by atoms with Crippen LogP contribution in [-0.4, -0.2) is 48.0 Å². The second kappa shape index (κ2) is 8.17. The van der Waals surface area contributed by atoms with Crippen molar-refractivity contribution >= 4 is 39.8 Å². The monoisotopic (exact) mass is 394 g/mol. The van der Waals surface area contributed by atoms with E-state index in [0.717, 1.165) is 31.7 Å². The van der Waals surface area contributed by atoms with E-state index in [1.165, 1.54) is 11.1 Å². The predicted molar refractivity (Wildman–Crippen MR) is 115 cm³/mol. The summed E-state index contributed by atoms with van der Waals surface area (Å²) in [6, 6.07) is 17.4. The first-order chi connectivity index (χ1) is 13.6. The van der Waals surface area contributed by atoms with E-state index >= 15 is 0 Å². The lowest BCUT2D eigenvalue weighted by molar-refractivity contribution is -0.120. The van der Waals surface area contributed by atoms with E-state index in [4.69, 9.17) is 11.6 Å². The molecule has 0 aliphatic carbocycles. The highest BCUT2D eigenvalue weighted by Crippen LogP contribution is 2.26. The van der Waals surface area contributed by atoms with Gasteiger partial charge in [0.25, 0.3) is 0 Å². The summed E-state index contributed by atoms with van der Waals surface area (Å²) in [6.07, 6.45) is 1.86. The van der Waals surface area contributed by atoms with Gasteiger partial charge >= 0.3 is 0 Å². The van der Waals surface area contributed by atoms with Crippen molar-refractivity contribution in [3.8, 4) is 0 Å². The normalized spacial score (nSPS) is 16.1. The number of halogens is 1. The molecule has 0 saturated carbocycles. The Labute approximate surface area is 169 Å². The fourth-order valence-corrected chi connectivity index (χ4v) is 3.86. The number of hydrogen-bond acceptors (Lipinski definition) is 4. The molecular weight excluding hydrogens is 372 g/mol. The van der Waals surface area contributed by atoms with Crippen molar-refractivity contribution in [1.29, 1.82) is 0 Å². The Morgan fingerprint density at radius 1 is 1.04 bits per heavy atom. The van der Waals surface area contributed by atoms with Crippen LogP contribution in [0.3, 0.4) is 0 Å². The van der Waals surface area contributed by atoms with Crippen LogP contribution in [0.25, 0.3) is 10.9 Å². The van der Waals surface area contributed by atoms with Gasteiger partial charge in [-0.15, -0.1) is 0 Å². The fraction of sp³-hybridized carbons (Fsp3) is 0.273. The van der Waals surface area contributed by atoms with Crippen molar-refractivity contribution in [3.63, 3.8) is 0 Å². The maximum atomic E-state index is 12.7. The highest BCUT2D eigenvalue weighted by atomic mass is 35.5. The number of aromatic nitrogens is 1. The molecule has 3 aromatic rings. The highest BCUT2D eigenvalue weighted by Gasteiger charge is 2.26. The third-order valence-electron chi connectivity index (χ3n) is 5.34. The number of fused-ring (bicyclic) bond motifs is 1. The molecule has 2 aromatic carbocycles. The molecule has 1 atom stereocenters. The van der Waals surface area contributed by atoms with E-state index in [0.29, 0.717) is 10.7 Å². The van der Waals surface area contributed by atoms with Gasteiger partial charge in [0, 0.05) is 43.4 Å². The highest BCUT2D eigenvalue weighted by molar-refractivity contribution is 6.33. The molecule has 144 valence electrons. The molecule has 0 bridgehead atoms. The van der Waals surface area contributed by atoms with Gasteiger partial charge in [-0.1, -0.05) is 41.9 Å². The van der Waals surface area contributed by atoms with E-state index < -0.39 is 0 Å². The first-order valence-electron chi connectivity index (χ1n) is 9.51. The summed E-state index contributed by atoms with van der Waals surface area (Å²) in [5.74, 6) is -0.0316. The van der Waals surface area contributed by atoms with Crippen LogP contribution < -0.4 is 10.2 Å². The van der Waals surface area contributed by atoms with Crippen LogP contribution in [0, 0.1) is 0 Å². The zero-order chi connectivity index (χ0) is 19.5. The quantitative estimate of drug-likeness (QED) is 0.725. The van der Waals surface area contributed by atoms with E-state index in [1.807, 2.05) is 49.5 Å². The number of nitrogens with zero attached hydrogens (tertiary/aromatic N) is 3. The van der Waals surface area contributed by atoms with Crippen LogP contribution in [0.4, 0.5) is 11.4 Å². The summed E-state index contributed by atoms with van der Waals surface area (Å²) >= 11 is 6.15. The zero-order valence-electron chi connectivity index (χ0n) is 15.8. The van der Waals surface area contributed by atoms with E-state index in [-0.39, 0.29) is 11.9 Å². The van der Waals surface area contributed by atoms with Crippen LogP contribution in [0.2, 0.25) is 5.02 Å². The Balaban J connectivity index is 1.41. The third-order valence-corrected chi connectivity index (χ3v) is 5.67. The maximum absolute atomic E-state index is 12.7. The molecule has 0 spiro atoms. The minimum atomic E-state index is -0.215. The lowest BCUT2D eigenvalue weighted by Gasteiger charge is -2.38. The predicted octanol–water partition coefficient (Wildman–Crippen LogP) is 4.04. The molecule has 6 heteroatoms. The van der Waals surface area contributed by atoms with Gasteiger partial charge in [-0.25, -0.2) is 0 Å². The van der Waals surface area contributed by atoms with Crippen molar-refractivity contribution in [1.82, 2.24) is 9.88 Å². The minimum absolute atomic E-state index is 0.0316. The molecule has 1 aliphatic heterocycles. The number of piperazine rings is 1. The van der Waals surface area contributed by atoms with Gasteiger partial charge < -0.3 is 10.2 Å². The summed E-state index contributed by atoms with van der Waals surface area (Å²) in [7, 11) is 0. The number of hydrogen-bond donors (Lipinski definition) is 1. The summed E-state index contributed by atoms with van der Waals surface area (Å²) in [6.45, 7) is 5.35. The SMILES string of the molecule is CC(C(=O)Nc1ccccc1Cl)N1CCN(c2ccnc3ccccc23)CC1. The molecule has 28 heavy (non-hydrogen) atoms. The van der Waals surface area contributed by atoms with Crippen molar-refractivity contribution in [2.75, 3.05) is 36.4 Å². The molecule has 2 heterocycles. The number of amides is 1. The van der Waals surface area contributed by atoms with Gasteiger partial charge in [-0.05, 0) is 31.2 Å². The van der Waals surface area contributed by atoms with Crippen molar-refractivity contribution < 1.29 is 4.79 Å². The van der Waals surface area contributed by atoms with Crippen molar-refractivity contribution in [2.45, 2.75) is 13.0 Å². The summed E-state index contributed by atoms with van der Waals surface area (Å²) in [4.78, 5) is 21.7. The molecule has 1 fully saturated rings. The molecule has 5 nitrogen and oxygen atoms in total. The molecule has 0 radical (unpaired) electrons. The number of anilines is 2. The van der Waals surface area contributed by atoms with Crippen LogP contribution in [0.15, 0.2) is 60.8 Å². The van der Waals surface area contributed by atoms with Crippen LogP contribution in [-0.2, 0) is 4.79 Å². The topological polar surface area (TPSA) is 48.5 Å². The van der Waals surface area contributed by atoms with Gasteiger partial charge in [0.15, 0.2) is 0 Å².